The third-order valence-corrected chi connectivity index (χ3v) is 1.80. The maximum Gasteiger partial charge on any atom is 0.238 e. The average molecular weight is 215 g/mol. The minimum absolute atomic E-state index is 0. The summed E-state index contributed by atoms with van der Waals surface area (Å²) in [5, 5.41) is 2.70. The van der Waals surface area contributed by atoms with Gasteiger partial charge in [0.15, 0.2) is 0 Å². The molecule has 0 aliphatic carbocycles. The van der Waals surface area contributed by atoms with Crippen LogP contribution >= 0.6 is 12.4 Å². The van der Waals surface area contributed by atoms with Gasteiger partial charge in [0.2, 0.25) is 5.91 Å². The van der Waals surface area contributed by atoms with Crippen molar-refractivity contribution < 1.29 is 4.79 Å². The number of nitrogens with one attached hydrogen (secondary N) is 1. The van der Waals surface area contributed by atoms with E-state index in [0.29, 0.717) is 0 Å². The molecule has 0 saturated carbocycles. The van der Waals surface area contributed by atoms with E-state index in [1.807, 2.05) is 24.3 Å². The highest BCUT2D eigenvalue weighted by atomic mass is 35.5. The number of hydrogen-bond acceptors (Lipinski definition) is 2. The lowest BCUT2D eigenvalue weighted by Crippen LogP contribution is -2.21. The summed E-state index contributed by atoms with van der Waals surface area (Å²) in [6, 6.07) is 7.75. The topological polar surface area (TPSA) is 55.1 Å². The molecular weight excluding hydrogens is 200 g/mol. The van der Waals surface area contributed by atoms with Gasteiger partial charge in [-0.05, 0) is 24.1 Å². The summed E-state index contributed by atoms with van der Waals surface area (Å²) in [5.41, 5.74) is 7.20. The Morgan fingerprint density at radius 3 is 2.79 bits per heavy atom. The van der Waals surface area contributed by atoms with Gasteiger partial charge in [0, 0.05) is 5.69 Å². The molecule has 0 aromatic heterocycles. The van der Waals surface area contributed by atoms with E-state index in [1.54, 1.807) is 0 Å². The van der Waals surface area contributed by atoms with Crippen LogP contribution < -0.4 is 11.1 Å². The van der Waals surface area contributed by atoms with Crippen molar-refractivity contribution in [1.82, 2.24) is 0 Å². The van der Waals surface area contributed by atoms with Gasteiger partial charge >= 0.3 is 0 Å². The summed E-state index contributed by atoms with van der Waals surface area (Å²) in [5.74, 6) is -0.159. The summed E-state index contributed by atoms with van der Waals surface area (Å²) in [6.45, 7) is 2.10. The van der Waals surface area contributed by atoms with Crippen LogP contribution in [0.25, 0.3) is 0 Å². The molecule has 1 aromatic rings. The lowest BCUT2D eigenvalue weighted by molar-refractivity contribution is -0.114. The van der Waals surface area contributed by atoms with Gasteiger partial charge in [-0.1, -0.05) is 19.1 Å². The monoisotopic (exact) mass is 214 g/mol. The van der Waals surface area contributed by atoms with Crippen LogP contribution in [-0.2, 0) is 11.2 Å². The van der Waals surface area contributed by atoms with E-state index in [2.05, 4.69) is 12.2 Å². The molecule has 0 heterocycles. The zero-order chi connectivity index (χ0) is 9.68. The minimum Gasteiger partial charge on any atom is -0.325 e. The number of rotatable bonds is 3. The summed E-state index contributed by atoms with van der Waals surface area (Å²) in [4.78, 5) is 10.9. The third kappa shape index (κ3) is 3.77. The number of carbonyl (C=O) groups excluding carboxylic acids is 1. The molecule has 0 unspecified atom stereocenters. The molecule has 1 rings (SSSR count). The number of anilines is 1. The van der Waals surface area contributed by atoms with E-state index >= 15 is 0 Å². The standard InChI is InChI=1S/C10H14N2O.ClH/c1-2-8-4-3-5-9(6-8)12-10(13)7-11;/h3-6H,2,7,11H2,1H3,(H,12,13);1H. The Labute approximate surface area is 90.1 Å². The second-order valence-electron chi connectivity index (χ2n) is 2.81. The zero-order valence-electron chi connectivity index (χ0n) is 8.12. The largest absolute Gasteiger partial charge is 0.325 e. The Bertz CT molecular complexity index is 302. The first-order valence-electron chi connectivity index (χ1n) is 4.35. The zero-order valence-corrected chi connectivity index (χ0v) is 8.93. The minimum atomic E-state index is -0.159. The maximum atomic E-state index is 10.9. The smallest absolute Gasteiger partial charge is 0.238 e. The predicted molar refractivity (Wildman–Crippen MR) is 60.8 cm³/mol. The fourth-order valence-electron chi connectivity index (χ4n) is 1.08. The summed E-state index contributed by atoms with van der Waals surface area (Å²) in [7, 11) is 0. The van der Waals surface area contributed by atoms with Crippen LogP contribution in [0.5, 0.6) is 0 Å². The Balaban J connectivity index is 0.00000169. The first-order chi connectivity index (χ1) is 6.26. The number of amides is 1. The fraction of sp³-hybridized carbons (Fsp3) is 0.300. The lowest BCUT2D eigenvalue weighted by atomic mass is 10.1. The normalized spacial score (nSPS) is 9.00. The van der Waals surface area contributed by atoms with Gasteiger partial charge < -0.3 is 11.1 Å². The second kappa shape index (κ2) is 6.40. The summed E-state index contributed by atoms with van der Waals surface area (Å²) >= 11 is 0. The molecule has 0 saturated heterocycles. The average Bonchev–Trinajstić information content (AvgIpc) is 2.18. The van der Waals surface area contributed by atoms with Gasteiger partial charge in [-0.2, -0.15) is 0 Å². The molecular formula is C10H15ClN2O. The molecule has 1 aromatic carbocycles. The van der Waals surface area contributed by atoms with E-state index < -0.39 is 0 Å². The van der Waals surface area contributed by atoms with Gasteiger partial charge in [0.05, 0.1) is 6.54 Å². The van der Waals surface area contributed by atoms with Crippen molar-refractivity contribution in [2.24, 2.45) is 5.73 Å². The highest BCUT2D eigenvalue weighted by molar-refractivity contribution is 5.92. The van der Waals surface area contributed by atoms with Crippen LogP contribution in [0.2, 0.25) is 0 Å². The third-order valence-electron chi connectivity index (χ3n) is 1.80. The van der Waals surface area contributed by atoms with Crippen molar-refractivity contribution >= 4 is 24.0 Å². The first kappa shape index (κ1) is 12.9. The maximum absolute atomic E-state index is 10.9. The van der Waals surface area contributed by atoms with Crippen molar-refractivity contribution in [2.75, 3.05) is 11.9 Å². The Kier molecular flexibility index (Phi) is 5.92. The van der Waals surface area contributed by atoms with Crippen molar-refractivity contribution in [1.29, 1.82) is 0 Å². The molecule has 0 radical (unpaired) electrons. The van der Waals surface area contributed by atoms with Crippen molar-refractivity contribution in [2.45, 2.75) is 13.3 Å². The second-order valence-corrected chi connectivity index (χ2v) is 2.81. The van der Waals surface area contributed by atoms with Crippen LogP contribution in [-0.4, -0.2) is 12.5 Å². The molecule has 0 fully saturated rings. The Morgan fingerprint density at radius 1 is 1.50 bits per heavy atom. The Morgan fingerprint density at radius 2 is 2.21 bits per heavy atom. The van der Waals surface area contributed by atoms with Gasteiger partial charge in [-0.15, -0.1) is 12.4 Å². The van der Waals surface area contributed by atoms with Gasteiger partial charge in [-0.25, -0.2) is 0 Å². The predicted octanol–water partition coefficient (Wildman–Crippen LogP) is 1.57. The van der Waals surface area contributed by atoms with Crippen molar-refractivity contribution in [3.8, 4) is 0 Å². The van der Waals surface area contributed by atoms with Crippen LogP contribution in [0.4, 0.5) is 5.69 Å². The molecule has 14 heavy (non-hydrogen) atoms. The van der Waals surface area contributed by atoms with Crippen LogP contribution in [0.1, 0.15) is 12.5 Å². The summed E-state index contributed by atoms with van der Waals surface area (Å²) in [6.07, 6.45) is 0.965. The van der Waals surface area contributed by atoms with Crippen LogP contribution in [0.3, 0.4) is 0 Å². The van der Waals surface area contributed by atoms with E-state index in [4.69, 9.17) is 5.73 Å². The van der Waals surface area contributed by atoms with Gasteiger partial charge in [0.25, 0.3) is 0 Å². The molecule has 0 bridgehead atoms. The molecule has 0 aliphatic heterocycles. The van der Waals surface area contributed by atoms with Gasteiger partial charge in [-0.3, -0.25) is 4.79 Å². The van der Waals surface area contributed by atoms with Gasteiger partial charge in [0.1, 0.15) is 0 Å². The molecule has 0 aliphatic rings. The van der Waals surface area contributed by atoms with E-state index in [1.165, 1.54) is 5.56 Å². The van der Waals surface area contributed by atoms with Crippen molar-refractivity contribution in [3.05, 3.63) is 29.8 Å². The molecule has 3 nitrogen and oxygen atoms in total. The fourth-order valence-corrected chi connectivity index (χ4v) is 1.08. The van der Waals surface area contributed by atoms with E-state index in [9.17, 15) is 4.79 Å². The number of hydrogen-bond donors (Lipinski definition) is 2. The van der Waals surface area contributed by atoms with Crippen molar-refractivity contribution in [3.63, 3.8) is 0 Å². The van der Waals surface area contributed by atoms with Crippen LogP contribution in [0.15, 0.2) is 24.3 Å². The molecule has 78 valence electrons. The molecule has 4 heteroatoms. The highest BCUT2D eigenvalue weighted by Crippen LogP contribution is 2.10. The van der Waals surface area contributed by atoms with E-state index in [0.717, 1.165) is 12.1 Å². The Hall–Kier alpha value is -1.06. The number of nitrogens with two attached hydrogens (primary N) is 1. The summed E-state index contributed by atoms with van der Waals surface area (Å²) < 4.78 is 0. The first-order valence-corrected chi connectivity index (χ1v) is 4.35. The molecule has 1 amide bonds. The molecule has 3 N–H and O–H groups in total. The number of carbonyl (C=O) groups is 1. The molecule has 0 atom stereocenters. The van der Waals surface area contributed by atoms with Crippen LogP contribution in [0, 0.1) is 0 Å². The number of halogens is 1. The highest BCUT2D eigenvalue weighted by Gasteiger charge is 1.98. The number of benzene rings is 1. The lowest BCUT2D eigenvalue weighted by Gasteiger charge is -2.04. The quantitative estimate of drug-likeness (QED) is 0.803. The SMILES string of the molecule is CCc1cccc(NC(=O)CN)c1.Cl. The molecule has 0 spiro atoms. The number of aryl methyl sites for hydroxylation is 1. The van der Waals surface area contributed by atoms with E-state index in [-0.39, 0.29) is 24.9 Å².